The van der Waals surface area contributed by atoms with Crippen LogP contribution in [-0.4, -0.2) is 21.2 Å². The predicted molar refractivity (Wildman–Crippen MR) is 56.4 cm³/mol. The Morgan fingerprint density at radius 1 is 1.37 bits per heavy atom. The van der Waals surface area contributed by atoms with E-state index in [0.29, 0.717) is 6.07 Å². The molecule has 1 heterocycles. The van der Waals surface area contributed by atoms with Gasteiger partial charge in [0.2, 0.25) is 11.7 Å². The number of rotatable bonds is 2. The zero-order valence-electron chi connectivity index (χ0n) is 9.52. The average molecular weight is 272 g/mol. The molecule has 0 bridgehead atoms. The van der Waals surface area contributed by atoms with Gasteiger partial charge in [0, 0.05) is 12.5 Å². The third-order valence-corrected chi connectivity index (χ3v) is 2.34. The van der Waals surface area contributed by atoms with Gasteiger partial charge in [-0.25, -0.2) is 4.79 Å². The molecule has 0 radical (unpaired) electrons. The minimum absolute atomic E-state index is 0.0869. The quantitative estimate of drug-likeness (QED) is 0.909. The third kappa shape index (κ3) is 2.56. The van der Waals surface area contributed by atoms with Crippen LogP contribution in [0.4, 0.5) is 13.2 Å². The zero-order chi connectivity index (χ0) is 14.2. The molecule has 0 spiro atoms. The number of hydrogen-bond acceptors (Lipinski definition) is 4. The lowest BCUT2D eigenvalue weighted by atomic mass is 10.0. The molecule has 0 aliphatic carbocycles. The topological polar surface area (TPSA) is 76.2 Å². The van der Waals surface area contributed by atoms with Gasteiger partial charge in [-0.2, -0.15) is 18.2 Å². The summed E-state index contributed by atoms with van der Waals surface area (Å²) in [6.45, 7) is 1.42. The molecular weight excluding hydrogens is 265 g/mol. The zero-order valence-corrected chi connectivity index (χ0v) is 9.52. The SMILES string of the molecule is Cc1nc(-c2cc(C(=O)O)ccc2C(F)(F)F)no1. The third-order valence-electron chi connectivity index (χ3n) is 2.34. The maximum absolute atomic E-state index is 12.8. The lowest BCUT2D eigenvalue weighted by Crippen LogP contribution is -2.09. The molecule has 5 nitrogen and oxygen atoms in total. The summed E-state index contributed by atoms with van der Waals surface area (Å²) in [5.74, 6) is -1.55. The van der Waals surface area contributed by atoms with Gasteiger partial charge in [0.1, 0.15) is 0 Å². The molecule has 0 saturated heterocycles. The minimum Gasteiger partial charge on any atom is -0.478 e. The highest BCUT2D eigenvalue weighted by Gasteiger charge is 2.35. The number of hydrogen-bond donors (Lipinski definition) is 1. The number of carbonyl (C=O) groups is 1. The van der Waals surface area contributed by atoms with Crippen LogP contribution in [0.25, 0.3) is 11.4 Å². The van der Waals surface area contributed by atoms with Crippen molar-refractivity contribution < 1.29 is 27.6 Å². The molecule has 2 aromatic rings. The Hall–Kier alpha value is -2.38. The molecule has 100 valence electrons. The van der Waals surface area contributed by atoms with E-state index in [1.807, 2.05) is 0 Å². The molecule has 2 rings (SSSR count). The van der Waals surface area contributed by atoms with Crippen molar-refractivity contribution in [1.29, 1.82) is 0 Å². The lowest BCUT2D eigenvalue weighted by Gasteiger charge is -2.10. The van der Waals surface area contributed by atoms with Crippen LogP contribution in [0, 0.1) is 6.92 Å². The molecule has 0 unspecified atom stereocenters. The number of alkyl halides is 3. The minimum atomic E-state index is -4.64. The fourth-order valence-electron chi connectivity index (χ4n) is 1.52. The van der Waals surface area contributed by atoms with Crippen molar-refractivity contribution in [2.75, 3.05) is 0 Å². The second-order valence-electron chi connectivity index (χ2n) is 3.70. The molecule has 0 aliphatic heterocycles. The number of benzene rings is 1. The normalized spacial score (nSPS) is 11.6. The molecule has 0 fully saturated rings. The summed E-state index contributed by atoms with van der Waals surface area (Å²) in [7, 11) is 0. The summed E-state index contributed by atoms with van der Waals surface area (Å²) < 4.78 is 43.1. The number of nitrogens with zero attached hydrogens (tertiary/aromatic N) is 2. The Bertz CT molecular complexity index is 634. The van der Waals surface area contributed by atoms with Crippen molar-refractivity contribution >= 4 is 5.97 Å². The van der Waals surface area contributed by atoms with Crippen LogP contribution < -0.4 is 0 Å². The van der Waals surface area contributed by atoms with Crippen LogP contribution in [0.15, 0.2) is 22.7 Å². The highest BCUT2D eigenvalue weighted by Crippen LogP contribution is 2.36. The van der Waals surface area contributed by atoms with Gasteiger partial charge < -0.3 is 9.63 Å². The van der Waals surface area contributed by atoms with E-state index in [0.717, 1.165) is 12.1 Å². The number of aromatic nitrogens is 2. The molecule has 0 amide bonds. The molecule has 1 aromatic heterocycles. The van der Waals surface area contributed by atoms with Crippen molar-refractivity contribution in [3.8, 4) is 11.4 Å². The van der Waals surface area contributed by atoms with Crippen LogP contribution in [0.5, 0.6) is 0 Å². The highest BCUT2D eigenvalue weighted by molar-refractivity contribution is 5.89. The van der Waals surface area contributed by atoms with Crippen LogP contribution >= 0.6 is 0 Å². The molecule has 0 atom stereocenters. The maximum atomic E-state index is 12.8. The molecule has 1 N–H and O–H groups in total. The van der Waals surface area contributed by atoms with E-state index >= 15 is 0 Å². The first kappa shape index (κ1) is 13.1. The monoisotopic (exact) mass is 272 g/mol. The van der Waals surface area contributed by atoms with E-state index in [-0.39, 0.29) is 17.3 Å². The number of aryl methyl sites for hydroxylation is 1. The molecule has 8 heteroatoms. The molecule has 0 aliphatic rings. The first-order chi connectivity index (χ1) is 8.79. The summed E-state index contributed by atoms with van der Waals surface area (Å²) in [5.41, 5.74) is -1.73. The van der Waals surface area contributed by atoms with E-state index in [1.54, 1.807) is 0 Å². The van der Waals surface area contributed by atoms with Gasteiger partial charge in [0.05, 0.1) is 11.1 Å². The number of carboxylic acid groups (broad SMARTS) is 1. The fraction of sp³-hybridized carbons (Fsp3) is 0.182. The Kier molecular flexibility index (Phi) is 3.01. The summed E-state index contributed by atoms with van der Waals surface area (Å²) in [5, 5.41) is 12.2. The van der Waals surface area contributed by atoms with Gasteiger partial charge in [-0.3, -0.25) is 0 Å². The molecular formula is C11H7F3N2O3. The fourth-order valence-corrected chi connectivity index (χ4v) is 1.52. The van der Waals surface area contributed by atoms with Crippen molar-refractivity contribution in [3.63, 3.8) is 0 Å². The lowest BCUT2D eigenvalue weighted by molar-refractivity contribution is -0.137. The van der Waals surface area contributed by atoms with Gasteiger partial charge >= 0.3 is 12.1 Å². The number of halogens is 3. The summed E-state index contributed by atoms with van der Waals surface area (Å²) >= 11 is 0. The van der Waals surface area contributed by atoms with Crippen molar-refractivity contribution in [2.45, 2.75) is 13.1 Å². The van der Waals surface area contributed by atoms with Crippen LogP contribution in [0.2, 0.25) is 0 Å². The smallest absolute Gasteiger partial charge is 0.417 e. The Labute approximate surface area is 104 Å². The largest absolute Gasteiger partial charge is 0.478 e. The van der Waals surface area contributed by atoms with Gasteiger partial charge in [-0.05, 0) is 18.2 Å². The van der Waals surface area contributed by atoms with Crippen molar-refractivity contribution in [1.82, 2.24) is 10.1 Å². The maximum Gasteiger partial charge on any atom is 0.417 e. The second kappa shape index (κ2) is 4.38. The number of aromatic carboxylic acids is 1. The van der Waals surface area contributed by atoms with Gasteiger partial charge in [-0.15, -0.1) is 0 Å². The van der Waals surface area contributed by atoms with Crippen LogP contribution in [-0.2, 0) is 6.18 Å². The highest BCUT2D eigenvalue weighted by atomic mass is 19.4. The van der Waals surface area contributed by atoms with Crippen LogP contribution in [0.1, 0.15) is 21.8 Å². The average Bonchev–Trinajstić information content (AvgIpc) is 2.73. The molecule has 19 heavy (non-hydrogen) atoms. The predicted octanol–water partition coefficient (Wildman–Crippen LogP) is 2.76. The van der Waals surface area contributed by atoms with Crippen molar-refractivity contribution in [3.05, 3.63) is 35.2 Å². The van der Waals surface area contributed by atoms with Gasteiger partial charge in [0.15, 0.2) is 0 Å². The van der Waals surface area contributed by atoms with E-state index in [1.165, 1.54) is 6.92 Å². The molecule has 0 saturated carbocycles. The first-order valence-corrected chi connectivity index (χ1v) is 5.04. The Morgan fingerprint density at radius 3 is 2.53 bits per heavy atom. The standard InChI is InChI=1S/C11H7F3N2O3/c1-5-15-9(16-19-5)7-4-6(10(17)18)2-3-8(7)11(12,13)14/h2-4H,1H3,(H,17,18). The summed E-state index contributed by atoms with van der Waals surface area (Å²) in [6, 6.07) is 2.43. The summed E-state index contributed by atoms with van der Waals surface area (Å²) in [4.78, 5) is 14.5. The van der Waals surface area contributed by atoms with Gasteiger partial charge in [0.25, 0.3) is 0 Å². The van der Waals surface area contributed by atoms with Gasteiger partial charge in [-0.1, -0.05) is 5.16 Å². The van der Waals surface area contributed by atoms with E-state index in [2.05, 4.69) is 14.7 Å². The van der Waals surface area contributed by atoms with E-state index in [9.17, 15) is 18.0 Å². The Balaban J connectivity index is 2.66. The number of carboxylic acids is 1. The second-order valence-corrected chi connectivity index (χ2v) is 3.70. The van der Waals surface area contributed by atoms with E-state index < -0.39 is 23.3 Å². The van der Waals surface area contributed by atoms with Crippen molar-refractivity contribution in [2.24, 2.45) is 0 Å². The van der Waals surface area contributed by atoms with Crippen LogP contribution in [0.3, 0.4) is 0 Å². The summed E-state index contributed by atoms with van der Waals surface area (Å²) in [6.07, 6.45) is -4.64. The Morgan fingerprint density at radius 2 is 2.05 bits per heavy atom. The molecule has 1 aromatic carbocycles. The van der Waals surface area contributed by atoms with E-state index in [4.69, 9.17) is 5.11 Å². The first-order valence-electron chi connectivity index (χ1n) is 5.04.